The molecule has 0 saturated heterocycles. The van der Waals surface area contributed by atoms with Gasteiger partial charge in [0, 0.05) is 35.8 Å². The summed E-state index contributed by atoms with van der Waals surface area (Å²) in [5, 5.41) is 11.8. The molecule has 0 aliphatic rings. The van der Waals surface area contributed by atoms with Crippen molar-refractivity contribution in [3.8, 4) is 23.1 Å². The van der Waals surface area contributed by atoms with Gasteiger partial charge in [-0.05, 0) is 23.8 Å². The molecule has 0 saturated carbocycles. The van der Waals surface area contributed by atoms with Crippen molar-refractivity contribution in [2.24, 2.45) is 4.99 Å². The Morgan fingerprint density at radius 1 is 1.14 bits per heavy atom. The molecule has 4 aromatic rings. The number of benzene rings is 2. The van der Waals surface area contributed by atoms with Gasteiger partial charge >= 0.3 is 11.7 Å². The second-order valence-corrected chi connectivity index (χ2v) is 7.75. The van der Waals surface area contributed by atoms with Crippen molar-refractivity contribution in [3.63, 3.8) is 0 Å². The van der Waals surface area contributed by atoms with Gasteiger partial charge in [0.2, 0.25) is 5.88 Å². The third-order valence-electron chi connectivity index (χ3n) is 5.69. The number of aliphatic imine (C=N–C) groups is 1. The van der Waals surface area contributed by atoms with Crippen LogP contribution < -0.4 is 20.7 Å². The summed E-state index contributed by atoms with van der Waals surface area (Å²) in [5.41, 5.74) is -0.253. The number of H-pyrrole nitrogens is 2. The van der Waals surface area contributed by atoms with E-state index in [1.165, 1.54) is 27.4 Å². The van der Waals surface area contributed by atoms with E-state index in [9.17, 15) is 19.5 Å². The predicted molar refractivity (Wildman–Crippen MR) is 133 cm³/mol. The maximum Gasteiger partial charge on any atom is 0.335 e. The maximum absolute atomic E-state index is 12.6. The molecule has 0 fully saturated rings. The van der Waals surface area contributed by atoms with Crippen molar-refractivity contribution in [2.45, 2.75) is 12.5 Å². The zero-order valence-corrected chi connectivity index (χ0v) is 19.8. The van der Waals surface area contributed by atoms with Gasteiger partial charge in [-0.3, -0.25) is 14.8 Å². The van der Waals surface area contributed by atoms with Gasteiger partial charge in [-0.25, -0.2) is 14.2 Å². The van der Waals surface area contributed by atoms with E-state index >= 15 is 0 Å². The van der Waals surface area contributed by atoms with Crippen LogP contribution in [0, 0.1) is 0 Å². The first kappa shape index (κ1) is 24.3. The minimum Gasteiger partial charge on any atom is -0.497 e. The Labute approximate surface area is 204 Å². The van der Waals surface area contributed by atoms with E-state index in [2.05, 4.69) is 15.0 Å². The number of nitrogens with zero attached hydrogens (tertiary/aromatic N) is 2. The number of rotatable bonds is 8. The van der Waals surface area contributed by atoms with Gasteiger partial charge in [0.25, 0.3) is 5.56 Å². The minimum absolute atomic E-state index is 0.133. The highest BCUT2D eigenvalue weighted by molar-refractivity contribution is 5.87. The van der Waals surface area contributed by atoms with Gasteiger partial charge in [0.15, 0.2) is 6.04 Å². The molecule has 3 N–H and O–H groups in total. The average Bonchev–Trinajstić information content (AvgIpc) is 3.29. The molecule has 2 aromatic carbocycles. The number of aromatic hydroxyl groups is 1. The van der Waals surface area contributed by atoms with Gasteiger partial charge < -0.3 is 24.3 Å². The molecule has 2 heterocycles. The van der Waals surface area contributed by atoms with Crippen LogP contribution in [0.15, 0.2) is 63.2 Å². The van der Waals surface area contributed by atoms with Gasteiger partial charge in [-0.2, -0.15) is 0 Å². The van der Waals surface area contributed by atoms with Crippen molar-refractivity contribution >= 4 is 23.1 Å². The number of para-hydroxylation sites is 1. The number of ether oxygens (including phenoxy) is 3. The minimum atomic E-state index is -1.01. The summed E-state index contributed by atoms with van der Waals surface area (Å²) >= 11 is 0. The molecular formula is C25H24N4O7. The standard InChI is InChI=1S/C25H24N4O7/c1-34-15-8-9-21(35-2)20(11-15)29-23(31)17(22(30)28-25(29)33)13-27-19(24(32)36-3)10-14-12-26-18-7-5-4-6-16(14)18/h4-9,11-13,19,26,31H,10H2,1-3H3,(H,28,30,33)/t19-/m0/s1. The molecule has 4 rings (SSSR count). The first-order valence-electron chi connectivity index (χ1n) is 10.8. The van der Waals surface area contributed by atoms with E-state index in [1.807, 2.05) is 24.3 Å². The third-order valence-corrected chi connectivity index (χ3v) is 5.69. The SMILES string of the molecule is COC(=O)[C@H](Cc1c[nH]c2ccccc12)N=Cc1c(O)n(-c2cc(OC)ccc2OC)c(=O)[nH]c1=O. The molecule has 0 aliphatic carbocycles. The third kappa shape index (κ3) is 4.58. The van der Waals surface area contributed by atoms with Crippen LogP contribution >= 0.6 is 0 Å². The quantitative estimate of drug-likeness (QED) is 0.251. The Kier molecular flexibility index (Phi) is 6.91. The molecule has 0 radical (unpaired) electrons. The van der Waals surface area contributed by atoms with Crippen LogP contribution in [-0.4, -0.2) is 59.2 Å². The Bertz CT molecular complexity index is 1560. The fourth-order valence-electron chi connectivity index (χ4n) is 3.86. The molecule has 11 heteroatoms. The molecule has 0 unspecified atom stereocenters. The second kappa shape index (κ2) is 10.2. The van der Waals surface area contributed by atoms with E-state index < -0.39 is 29.1 Å². The summed E-state index contributed by atoms with van der Waals surface area (Å²) in [7, 11) is 4.08. The van der Waals surface area contributed by atoms with E-state index in [0.717, 1.165) is 27.2 Å². The van der Waals surface area contributed by atoms with Crippen molar-refractivity contribution in [3.05, 3.63) is 80.6 Å². The molecule has 0 aliphatic heterocycles. The number of fused-ring (bicyclic) bond motifs is 1. The molecule has 2 aromatic heterocycles. The fourth-order valence-corrected chi connectivity index (χ4v) is 3.86. The molecule has 0 amide bonds. The van der Waals surface area contributed by atoms with Crippen molar-refractivity contribution < 1.29 is 24.1 Å². The van der Waals surface area contributed by atoms with E-state index in [-0.39, 0.29) is 23.4 Å². The number of nitrogens with one attached hydrogen (secondary N) is 2. The molecule has 36 heavy (non-hydrogen) atoms. The lowest BCUT2D eigenvalue weighted by Gasteiger charge is -2.14. The molecule has 0 spiro atoms. The zero-order chi connectivity index (χ0) is 25.8. The summed E-state index contributed by atoms with van der Waals surface area (Å²) in [6.07, 6.45) is 3.00. The summed E-state index contributed by atoms with van der Waals surface area (Å²) in [6.45, 7) is 0. The highest BCUT2D eigenvalue weighted by Crippen LogP contribution is 2.29. The number of carbonyl (C=O) groups excluding carboxylic acids is 1. The summed E-state index contributed by atoms with van der Waals surface area (Å²) in [6, 6.07) is 11.2. The Morgan fingerprint density at radius 3 is 2.64 bits per heavy atom. The number of hydrogen-bond acceptors (Lipinski definition) is 8. The lowest BCUT2D eigenvalue weighted by Crippen LogP contribution is -2.32. The Balaban J connectivity index is 1.77. The number of carbonyl (C=O) groups is 1. The highest BCUT2D eigenvalue weighted by Gasteiger charge is 2.22. The number of hydrogen-bond donors (Lipinski definition) is 3. The smallest absolute Gasteiger partial charge is 0.335 e. The van der Waals surface area contributed by atoms with E-state index in [4.69, 9.17) is 14.2 Å². The van der Waals surface area contributed by atoms with Crippen LogP contribution in [0.1, 0.15) is 11.1 Å². The first-order chi connectivity index (χ1) is 17.4. The van der Waals surface area contributed by atoms with Gasteiger partial charge in [-0.1, -0.05) is 18.2 Å². The maximum atomic E-state index is 12.6. The second-order valence-electron chi connectivity index (χ2n) is 7.75. The van der Waals surface area contributed by atoms with Crippen LogP contribution in [0.4, 0.5) is 0 Å². The lowest BCUT2D eigenvalue weighted by atomic mass is 10.1. The molecule has 11 nitrogen and oxygen atoms in total. The lowest BCUT2D eigenvalue weighted by molar-refractivity contribution is -0.142. The number of aromatic nitrogens is 3. The van der Waals surface area contributed by atoms with E-state index in [1.54, 1.807) is 18.3 Å². The normalized spacial score (nSPS) is 12.1. The summed E-state index contributed by atoms with van der Waals surface area (Å²) in [5.74, 6) is -0.678. The number of aromatic amines is 2. The van der Waals surface area contributed by atoms with Crippen LogP contribution in [0.25, 0.3) is 16.6 Å². The molecular weight excluding hydrogens is 468 g/mol. The predicted octanol–water partition coefficient (Wildman–Crippen LogP) is 1.93. The Morgan fingerprint density at radius 2 is 1.92 bits per heavy atom. The van der Waals surface area contributed by atoms with Crippen LogP contribution in [0.3, 0.4) is 0 Å². The number of methoxy groups -OCH3 is 3. The topological polar surface area (TPSA) is 148 Å². The largest absolute Gasteiger partial charge is 0.497 e. The van der Waals surface area contributed by atoms with Crippen LogP contribution in [0.2, 0.25) is 0 Å². The number of esters is 1. The van der Waals surface area contributed by atoms with Crippen LogP contribution in [-0.2, 0) is 16.0 Å². The molecule has 186 valence electrons. The Hall–Kier alpha value is -4.80. The monoisotopic (exact) mass is 492 g/mol. The zero-order valence-electron chi connectivity index (χ0n) is 19.8. The fraction of sp³-hybridized carbons (Fsp3) is 0.200. The van der Waals surface area contributed by atoms with Gasteiger partial charge in [0.1, 0.15) is 17.1 Å². The molecule has 1 atom stereocenters. The van der Waals surface area contributed by atoms with E-state index in [0.29, 0.717) is 5.75 Å². The molecule has 0 bridgehead atoms. The van der Waals surface area contributed by atoms with Crippen molar-refractivity contribution in [2.75, 3.05) is 21.3 Å². The highest BCUT2D eigenvalue weighted by atomic mass is 16.5. The van der Waals surface area contributed by atoms with Crippen molar-refractivity contribution in [1.82, 2.24) is 14.5 Å². The summed E-state index contributed by atoms with van der Waals surface area (Å²) in [4.78, 5) is 47.2. The average molecular weight is 492 g/mol. The first-order valence-corrected chi connectivity index (χ1v) is 10.8. The van der Waals surface area contributed by atoms with Gasteiger partial charge in [-0.15, -0.1) is 0 Å². The van der Waals surface area contributed by atoms with Crippen molar-refractivity contribution in [1.29, 1.82) is 0 Å². The van der Waals surface area contributed by atoms with Gasteiger partial charge in [0.05, 0.1) is 27.0 Å². The van der Waals surface area contributed by atoms with Crippen LogP contribution in [0.5, 0.6) is 17.4 Å². The summed E-state index contributed by atoms with van der Waals surface area (Å²) < 4.78 is 16.3.